The normalized spacial score (nSPS) is 11.1. The van der Waals surface area contributed by atoms with Gasteiger partial charge in [0.1, 0.15) is 11.6 Å². The molecule has 4 rings (SSSR count). The minimum atomic E-state index is -0.448. The van der Waals surface area contributed by atoms with Crippen LogP contribution in [0.15, 0.2) is 78.5 Å². The number of benzene rings is 3. The van der Waals surface area contributed by atoms with Crippen molar-refractivity contribution in [2.24, 2.45) is 0 Å². The number of nitrogens with one attached hydrogen (secondary N) is 1. The first-order valence-corrected chi connectivity index (χ1v) is 10.6. The fourth-order valence-corrected chi connectivity index (χ4v) is 3.92. The fraction of sp³-hybridized carbons (Fsp3) is 0.107. The number of hydrogen-bond acceptors (Lipinski definition) is 3. The number of anilines is 1. The van der Waals surface area contributed by atoms with Crippen LogP contribution in [0.5, 0.6) is 0 Å². The van der Waals surface area contributed by atoms with Gasteiger partial charge in [0.25, 0.3) is 5.91 Å². The summed E-state index contributed by atoms with van der Waals surface area (Å²) in [7, 11) is 0. The number of amides is 1. The smallest absolute Gasteiger partial charge is 0.266 e. The second-order valence-electron chi connectivity index (χ2n) is 7.94. The van der Waals surface area contributed by atoms with Crippen LogP contribution < -0.4 is 5.32 Å². The molecule has 33 heavy (non-hydrogen) atoms. The summed E-state index contributed by atoms with van der Waals surface area (Å²) in [5.41, 5.74) is 6.01. The molecule has 0 saturated carbocycles. The second kappa shape index (κ2) is 9.26. The van der Waals surface area contributed by atoms with Crippen molar-refractivity contribution < 1.29 is 4.79 Å². The van der Waals surface area contributed by atoms with E-state index in [0.717, 1.165) is 33.2 Å². The zero-order valence-electron chi connectivity index (χ0n) is 18.5. The summed E-state index contributed by atoms with van der Waals surface area (Å²) in [6.45, 7) is 4.42. The molecule has 5 heteroatoms. The van der Waals surface area contributed by atoms with Gasteiger partial charge in [-0.1, -0.05) is 54.1 Å². The Morgan fingerprint density at radius 2 is 1.79 bits per heavy atom. The van der Waals surface area contributed by atoms with E-state index in [9.17, 15) is 15.3 Å². The number of nitrogens with zero attached hydrogens (tertiary/aromatic N) is 3. The zero-order chi connectivity index (χ0) is 23.4. The molecule has 5 nitrogen and oxygen atoms in total. The molecule has 1 heterocycles. The molecule has 4 aromatic rings. The number of rotatable bonds is 5. The highest BCUT2D eigenvalue weighted by molar-refractivity contribution is 6.11. The van der Waals surface area contributed by atoms with Crippen molar-refractivity contribution in [2.45, 2.75) is 20.4 Å². The molecule has 3 aromatic carbocycles. The van der Waals surface area contributed by atoms with Gasteiger partial charge in [0, 0.05) is 34.9 Å². The maximum atomic E-state index is 12.9. The maximum Gasteiger partial charge on any atom is 0.266 e. The van der Waals surface area contributed by atoms with Gasteiger partial charge in [-0.15, -0.1) is 0 Å². The summed E-state index contributed by atoms with van der Waals surface area (Å²) in [6.07, 6.45) is 3.54. The van der Waals surface area contributed by atoms with E-state index in [1.165, 1.54) is 0 Å². The number of hydrogen-bond donors (Lipinski definition) is 1. The van der Waals surface area contributed by atoms with Crippen molar-refractivity contribution in [3.8, 4) is 12.1 Å². The third-order valence-electron chi connectivity index (χ3n) is 5.59. The second-order valence-corrected chi connectivity index (χ2v) is 7.94. The minimum Gasteiger partial charge on any atom is -0.342 e. The average molecular weight is 431 g/mol. The van der Waals surface area contributed by atoms with E-state index in [0.29, 0.717) is 17.8 Å². The number of fused-ring (bicyclic) bond motifs is 1. The average Bonchev–Trinajstić information content (AvgIpc) is 3.16. The monoisotopic (exact) mass is 430 g/mol. The van der Waals surface area contributed by atoms with Gasteiger partial charge in [-0.05, 0) is 49.2 Å². The van der Waals surface area contributed by atoms with E-state index >= 15 is 0 Å². The maximum absolute atomic E-state index is 12.9. The first-order valence-electron chi connectivity index (χ1n) is 10.6. The summed E-state index contributed by atoms with van der Waals surface area (Å²) in [5, 5.41) is 22.9. The predicted octanol–water partition coefficient (Wildman–Crippen LogP) is 5.72. The number of aryl methyl sites for hydroxylation is 2. The molecule has 0 fully saturated rings. The van der Waals surface area contributed by atoms with Gasteiger partial charge in [-0.3, -0.25) is 4.79 Å². The topological polar surface area (TPSA) is 81.6 Å². The molecule has 0 aliphatic carbocycles. The molecule has 160 valence electrons. The molecule has 0 saturated heterocycles. The molecule has 0 bridgehead atoms. The van der Waals surface area contributed by atoms with Crippen molar-refractivity contribution in [3.05, 3.63) is 106 Å². The van der Waals surface area contributed by atoms with Crippen LogP contribution >= 0.6 is 0 Å². The first-order chi connectivity index (χ1) is 16.0. The van der Waals surface area contributed by atoms with Gasteiger partial charge >= 0.3 is 0 Å². The highest BCUT2D eigenvalue weighted by Gasteiger charge is 2.14. The Hall–Kier alpha value is -4.61. The molecule has 0 spiro atoms. The molecular weight excluding hydrogens is 408 g/mol. The van der Waals surface area contributed by atoms with Crippen LogP contribution in [0.3, 0.4) is 0 Å². The summed E-state index contributed by atoms with van der Waals surface area (Å²) in [6, 6.07) is 25.3. The van der Waals surface area contributed by atoms with E-state index in [-0.39, 0.29) is 5.57 Å². The van der Waals surface area contributed by atoms with Gasteiger partial charge in [-0.2, -0.15) is 10.5 Å². The quantitative estimate of drug-likeness (QED) is 0.325. The van der Waals surface area contributed by atoms with Gasteiger partial charge < -0.3 is 9.88 Å². The molecule has 1 N–H and O–H groups in total. The lowest BCUT2D eigenvalue weighted by atomic mass is 10.1. The van der Waals surface area contributed by atoms with Crippen molar-refractivity contribution in [3.63, 3.8) is 0 Å². The molecule has 1 amide bonds. The SMILES string of the molecule is Cc1ccc(NC(=O)/C(C#N)=C/c2cn(Cc3ccccc3C#N)c3ccccc23)c(C)c1. The molecular formula is C28H22N4O. The van der Waals surface area contributed by atoms with E-state index in [2.05, 4.69) is 11.4 Å². The lowest BCUT2D eigenvalue weighted by molar-refractivity contribution is -0.112. The predicted molar refractivity (Wildman–Crippen MR) is 130 cm³/mol. The summed E-state index contributed by atoms with van der Waals surface area (Å²) in [5.74, 6) is -0.448. The highest BCUT2D eigenvalue weighted by atomic mass is 16.1. The standard InChI is InChI=1S/C28H22N4O/c1-19-11-12-26(20(2)13-19)31-28(33)23(16-30)14-24-18-32(27-10-6-5-9-25(24)27)17-22-8-4-3-7-21(22)15-29/h3-14,18H,17H2,1-2H3,(H,31,33)/b23-14+. The number of para-hydroxylation sites is 1. The summed E-state index contributed by atoms with van der Waals surface area (Å²) in [4.78, 5) is 12.9. The van der Waals surface area contributed by atoms with Crippen molar-refractivity contribution in [2.75, 3.05) is 5.32 Å². The molecule has 0 aliphatic rings. The van der Waals surface area contributed by atoms with Crippen LogP contribution in [-0.4, -0.2) is 10.5 Å². The van der Waals surface area contributed by atoms with Crippen LogP contribution in [0.2, 0.25) is 0 Å². The van der Waals surface area contributed by atoms with Crippen molar-refractivity contribution in [1.82, 2.24) is 4.57 Å². The Bertz CT molecular complexity index is 1480. The molecule has 1 aromatic heterocycles. The number of nitriles is 2. The number of carbonyl (C=O) groups is 1. The Morgan fingerprint density at radius 3 is 2.55 bits per heavy atom. The largest absolute Gasteiger partial charge is 0.342 e. The highest BCUT2D eigenvalue weighted by Crippen LogP contribution is 2.26. The van der Waals surface area contributed by atoms with Crippen LogP contribution in [0.1, 0.15) is 27.8 Å². The van der Waals surface area contributed by atoms with E-state index in [1.807, 2.05) is 91.3 Å². The first kappa shape index (κ1) is 21.6. The summed E-state index contributed by atoms with van der Waals surface area (Å²) < 4.78 is 2.04. The molecule has 0 atom stereocenters. The third kappa shape index (κ3) is 4.54. The molecule has 0 radical (unpaired) electrons. The lowest BCUT2D eigenvalue weighted by Gasteiger charge is -2.08. The van der Waals surface area contributed by atoms with E-state index in [1.54, 1.807) is 12.1 Å². The summed E-state index contributed by atoms with van der Waals surface area (Å²) >= 11 is 0. The van der Waals surface area contributed by atoms with Crippen LogP contribution in [0.25, 0.3) is 17.0 Å². The fourth-order valence-electron chi connectivity index (χ4n) is 3.92. The van der Waals surface area contributed by atoms with E-state index < -0.39 is 5.91 Å². The van der Waals surface area contributed by atoms with E-state index in [4.69, 9.17) is 0 Å². The Kier molecular flexibility index (Phi) is 6.06. The minimum absolute atomic E-state index is 0.0234. The zero-order valence-corrected chi connectivity index (χ0v) is 18.5. The van der Waals surface area contributed by atoms with Crippen molar-refractivity contribution in [1.29, 1.82) is 10.5 Å². The van der Waals surface area contributed by atoms with Gasteiger partial charge in [0.2, 0.25) is 0 Å². The Morgan fingerprint density at radius 1 is 1.03 bits per heavy atom. The Balaban J connectivity index is 1.70. The van der Waals surface area contributed by atoms with Crippen LogP contribution in [0, 0.1) is 36.5 Å². The van der Waals surface area contributed by atoms with Gasteiger partial charge in [0.15, 0.2) is 0 Å². The molecule has 0 unspecified atom stereocenters. The van der Waals surface area contributed by atoms with Crippen molar-refractivity contribution >= 4 is 28.6 Å². The third-order valence-corrected chi connectivity index (χ3v) is 5.59. The lowest BCUT2D eigenvalue weighted by Crippen LogP contribution is -2.14. The van der Waals surface area contributed by atoms with Crippen LogP contribution in [-0.2, 0) is 11.3 Å². The van der Waals surface area contributed by atoms with Crippen LogP contribution in [0.4, 0.5) is 5.69 Å². The molecule has 0 aliphatic heterocycles. The van der Waals surface area contributed by atoms with Gasteiger partial charge in [-0.25, -0.2) is 0 Å². The van der Waals surface area contributed by atoms with Gasteiger partial charge in [0.05, 0.1) is 11.6 Å². The Labute approximate surface area is 192 Å². The number of carbonyl (C=O) groups excluding carboxylic acids is 1. The number of aromatic nitrogens is 1.